The second kappa shape index (κ2) is 3.96. The molecule has 16 heavy (non-hydrogen) atoms. The van der Waals surface area contributed by atoms with Crippen LogP contribution in [0, 0.1) is 6.07 Å². The molecule has 2 heterocycles. The Morgan fingerprint density at radius 3 is 2.75 bits per heavy atom. The van der Waals surface area contributed by atoms with Gasteiger partial charge in [0.2, 0.25) is 0 Å². The van der Waals surface area contributed by atoms with Crippen LogP contribution in [0.5, 0.6) is 0 Å². The van der Waals surface area contributed by atoms with Gasteiger partial charge in [-0.1, -0.05) is 0 Å². The van der Waals surface area contributed by atoms with Crippen LogP contribution in [0.25, 0.3) is 0 Å². The molecule has 0 atom stereocenters. The van der Waals surface area contributed by atoms with Crippen molar-refractivity contribution < 1.29 is 13.2 Å². The molecule has 0 fully saturated rings. The first-order chi connectivity index (χ1) is 7.55. The third-order valence-electron chi connectivity index (χ3n) is 1.95. The summed E-state index contributed by atoms with van der Waals surface area (Å²) in [5.74, 6) is 0. The minimum absolute atomic E-state index is 0.202. The number of rotatable bonds is 2. The zero-order valence-corrected chi connectivity index (χ0v) is 8.07. The Bertz CT molecular complexity index is 462. The molecule has 0 spiro atoms. The van der Waals surface area contributed by atoms with Gasteiger partial charge in [-0.25, -0.2) is 0 Å². The maximum absolute atomic E-state index is 12.3. The van der Waals surface area contributed by atoms with Gasteiger partial charge in [0.1, 0.15) is 0 Å². The predicted molar refractivity (Wildman–Crippen MR) is 49.4 cm³/mol. The summed E-state index contributed by atoms with van der Waals surface area (Å²) in [5.41, 5.74) is -0.147. The van der Waals surface area contributed by atoms with Gasteiger partial charge >= 0.3 is 6.18 Å². The Morgan fingerprint density at radius 1 is 1.38 bits per heavy atom. The Kier molecular flexibility index (Phi) is 2.64. The fourth-order valence-corrected chi connectivity index (χ4v) is 1.21. The van der Waals surface area contributed by atoms with E-state index in [9.17, 15) is 13.2 Å². The number of hydrogen-bond donors (Lipinski definition) is 0. The number of halogens is 3. The van der Waals surface area contributed by atoms with Crippen molar-refractivity contribution in [2.24, 2.45) is 0 Å². The van der Waals surface area contributed by atoms with Gasteiger partial charge in [-0.3, -0.25) is 9.67 Å². The predicted octanol–water partition coefficient (Wildman–Crippen LogP) is 2.15. The van der Waals surface area contributed by atoms with Gasteiger partial charge in [-0.05, 0) is 18.2 Å². The van der Waals surface area contributed by atoms with E-state index in [0.29, 0.717) is 5.69 Å². The van der Waals surface area contributed by atoms with Gasteiger partial charge in [0, 0.05) is 12.4 Å². The monoisotopic (exact) mass is 226 g/mol. The molecule has 0 N–H and O–H groups in total. The molecular formula is C10H7F3N3. The van der Waals surface area contributed by atoms with E-state index in [1.807, 2.05) is 0 Å². The summed E-state index contributed by atoms with van der Waals surface area (Å²) < 4.78 is 38.0. The third kappa shape index (κ3) is 2.39. The van der Waals surface area contributed by atoms with E-state index < -0.39 is 11.7 Å². The van der Waals surface area contributed by atoms with E-state index in [0.717, 1.165) is 12.4 Å². The van der Waals surface area contributed by atoms with Gasteiger partial charge in [-0.15, -0.1) is 0 Å². The standard InChI is InChI=1S/C10H7F3N3/c11-10(12,13)8-5-15-16(6-8)7-9-3-1-2-4-14-9/h2-6H,7H2. The molecule has 0 saturated carbocycles. The molecule has 1 radical (unpaired) electrons. The minimum atomic E-state index is -4.35. The zero-order valence-electron chi connectivity index (χ0n) is 8.07. The Labute approximate surface area is 89.5 Å². The zero-order chi connectivity index (χ0) is 11.6. The molecule has 0 aliphatic rings. The Morgan fingerprint density at radius 2 is 2.19 bits per heavy atom. The lowest BCUT2D eigenvalue weighted by molar-refractivity contribution is -0.137. The highest BCUT2D eigenvalue weighted by Gasteiger charge is 2.32. The van der Waals surface area contributed by atoms with Crippen LogP contribution < -0.4 is 0 Å². The highest BCUT2D eigenvalue weighted by Crippen LogP contribution is 2.28. The van der Waals surface area contributed by atoms with Crippen LogP contribution in [0.1, 0.15) is 11.3 Å². The molecule has 6 heteroatoms. The number of nitrogens with zero attached hydrogens (tertiary/aromatic N) is 3. The summed E-state index contributed by atoms with van der Waals surface area (Å²) in [4.78, 5) is 3.97. The second-order valence-electron chi connectivity index (χ2n) is 3.17. The average Bonchev–Trinajstić information content (AvgIpc) is 2.67. The summed E-state index contributed by atoms with van der Waals surface area (Å²) in [6.45, 7) is 0.202. The second-order valence-corrected chi connectivity index (χ2v) is 3.17. The maximum atomic E-state index is 12.3. The summed E-state index contributed by atoms with van der Waals surface area (Å²) in [6, 6.07) is 6.02. The number of hydrogen-bond acceptors (Lipinski definition) is 2. The highest BCUT2D eigenvalue weighted by molar-refractivity contribution is 5.10. The van der Waals surface area contributed by atoms with Crippen molar-refractivity contribution in [1.29, 1.82) is 0 Å². The van der Waals surface area contributed by atoms with Crippen molar-refractivity contribution in [3.8, 4) is 0 Å². The van der Waals surface area contributed by atoms with Crippen molar-refractivity contribution in [2.75, 3.05) is 0 Å². The normalized spacial score (nSPS) is 11.7. The lowest BCUT2D eigenvalue weighted by Gasteiger charge is -2.01. The van der Waals surface area contributed by atoms with E-state index in [1.54, 1.807) is 12.1 Å². The van der Waals surface area contributed by atoms with E-state index in [2.05, 4.69) is 16.1 Å². The highest BCUT2D eigenvalue weighted by atomic mass is 19.4. The Balaban J connectivity index is 2.15. The van der Waals surface area contributed by atoms with E-state index in [4.69, 9.17) is 0 Å². The topological polar surface area (TPSA) is 30.7 Å². The van der Waals surface area contributed by atoms with Crippen LogP contribution in [0.3, 0.4) is 0 Å². The van der Waals surface area contributed by atoms with Crippen LogP contribution in [-0.4, -0.2) is 14.8 Å². The molecule has 2 rings (SSSR count). The fraction of sp³-hybridized carbons (Fsp3) is 0.200. The number of alkyl halides is 3. The van der Waals surface area contributed by atoms with Gasteiger partial charge in [0.05, 0.1) is 24.0 Å². The largest absolute Gasteiger partial charge is 0.419 e. The molecule has 0 unspecified atom stereocenters. The molecule has 2 aromatic rings. The molecule has 0 aliphatic heterocycles. The SMILES string of the molecule is FC(F)(F)c1cnn(Cc2c[c]ccn2)c1. The van der Waals surface area contributed by atoms with Crippen molar-refractivity contribution >= 4 is 0 Å². The first-order valence-corrected chi connectivity index (χ1v) is 4.46. The van der Waals surface area contributed by atoms with Crippen molar-refractivity contribution in [3.05, 3.63) is 48.0 Å². The third-order valence-corrected chi connectivity index (χ3v) is 1.95. The molecule has 83 valence electrons. The van der Waals surface area contributed by atoms with Gasteiger partial charge in [-0.2, -0.15) is 18.3 Å². The lowest BCUT2D eigenvalue weighted by atomic mass is 10.3. The van der Waals surface area contributed by atoms with E-state index >= 15 is 0 Å². The summed E-state index contributed by atoms with van der Waals surface area (Å²) >= 11 is 0. The molecule has 0 amide bonds. The van der Waals surface area contributed by atoms with Crippen molar-refractivity contribution in [1.82, 2.24) is 14.8 Å². The van der Waals surface area contributed by atoms with Crippen LogP contribution in [0.2, 0.25) is 0 Å². The smallest absolute Gasteiger partial charge is 0.266 e. The molecule has 0 saturated heterocycles. The van der Waals surface area contributed by atoms with Gasteiger partial charge in [0.15, 0.2) is 0 Å². The first kappa shape index (κ1) is 10.7. The lowest BCUT2D eigenvalue weighted by Crippen LogP contribution is -2.04. The van der Waals surface area contributed by atoms with Crippen molar-refractivity contribution in [3.63, 3.8) is 0 Å². The van der Waals surface area contributed by atoms with Crippen LogP contribution in [-0.2, 0) is 12.7 Å². The molecule has 0 aromatic carbocycles. The molecule has 3 nitrogen and oxygen atoms in total. The van der Waals surface area contributed by atoms with E-state index in [1.165, 1.54) is 10.9 Å². The Hall–Kier alpha value is -1.85. The minimum Gasteiger partial charge on any atom is -0.266 e. The van der Waals surface area contributed by atoms with Gasteiger partial charge < -0.3 is 0 Å². The van der Waals surface area contributed by atoms with Crippen LogP contribution in [0.4, 0.5) is 13.2 Å². The van der Waals surface area contributed by atoms with Crippen LogP contribution in [0.15, 0.2) is 30.7 Å². The molecule has 2 aromatic heterocycles. The average molecular weight is 226 g/mol. The summed E-state index contributed by atoms with van der Waals surface area (Å²) in [6.07, 6.45) is -1.07. The first-order valence-electron chi connectivity index (χ1n) is 4.46. The molecule has 0 aliphatic carbocycles. The van der Waals surface area contributed by atoms with Gasteiger partial charge in [0.25, 0.3) is 0 Å². The summed E-state index contributed by atoms with van der Waals surface area (Å²) in [7, 11) is 0. The van der Waals surface area contributed by atoms with Crippen LogP contribution >= 0.6 is 0 Å². The maximum Gasteiger partial charge on any atom is 0.419 e. The summed E-state index contributed by atoms with van der Waals surface area (Å²) in [5, 5.41) is 3.62. The molecule has 0 bridgehead atoms. The number of pyridine rings is 1. The number of aromatic nitrogens is 3. The quantitative estimate of drug-likeness (QED) is 0.785. The molecular weight excluding hydrogens is 219 g/mol. The van der Waals surface area contributed by atoms with Crippen molar-refractivity contribution in [2.45, 2.75) is 12.7 Å². The van der Waals surface area contributed by atoms with E-state index in [-0.39, 0.29) is 6.54 Å². The fourth-order valence-electron chi connectivity index (χ4n) is 1.21.